The number of carbonyl (C=O) groups is 1. The van der Waals surface area contributed by atoms with Gasteiger partial charge in [-0.15, -0.1) is 0 Å². The number of rotatable bonds is 4. The van der Waals surface area contributed by atoms with E-state index in [1.54, 1.807) is 12.3 Å². The van der Waals surface area contributed by atoms with E-state index in [2.05, 4.69) is 10.3 Å². The van der Waals surface area contributed by atoms with Crippen molar-refractivity contribution in [2.75, 3.05) is 6.54 Å². The van der Waals surface area contributed by atoms with Crippen molar-refractivity contribution >= 4 is 17.5 Å². The molecule has 1 amide bonds. The molecule has 1 atom stereocenters. The van der Waals surface area contributed by atoms with E-state index in [9.17, 15) is 18.0 Å². The number of ether oxygens (including phenoxy) is 1. The molecule has 3 aromatic rings. The van der Waals surface area contributed by atoms with Gasteiger partial charge in [-0.3, -0.25) is 4.79 Å². The molecule has 0 radical (unpaired) electrons. The summed E-state index contributed by atoms with van der Waals surface area (Å²) in [5, 5.41) is 3.34. The normalized spacial score (nSPS) is 16.2. The average Bonchev–Trinajstić information content (AvgIpc) is 3.15. The number of nitrogens with zero attached hydrogens (tertiary/aromatic N) is 2. The molecule has 1 unspecified atom stereocenters. The molecule has 1 N–H and O–H groups in total. The topological polar surface area (TPSA) is 56.2 Å². The molecule has 0 aliphatic carbocycles. The van der Waals surface area contributed by atoms with Crippen LogP contribution in [0.2, 0.25) is 5.02 Å². The lowest BCUT2D eigenvalue weighted by atomic mass is 10.1. The van der Waals surface area contributed by atoms with Crippen molar-refractivity contribution < 1.29 is 22.7 Å². The van der Waals surface area contributed by atoms with Crippen molar-refractivity contribution in [3.05, 3.63) is 76.7 Å². The first-order chi connectivity index (χ1) is 14.3. The summed E-state index contributed by atoms with van der Waals surface area (Å²) in [5.74, 6) is 0.314. The third-order valence-corrected chi connectivity index (χ3v) is 5.09. The molecule has 0 bridgehead atoms. The van der Waals surface area contributed by atoms with Crippen LogP contribution >= 0.6 is 11.6 Å². The minimum absolute atomic E-state index is 0.154. The van der Waals surface area contributed by atoms with Crippen LogP contribution in [0.15, 0.2) is 54.7 Å². The van der Waals surface area contributed by atoms with Gasteiger partial charge >= 0.3 is 6.18 Å². The number of hydrogen-bond acceptors (Lipinski definition) is 3. The summed E-state index contributed by atoms with van der Waals surface area (Å²) in [6, 6.07) is 11.5. The van der Waals surface area contributed by atoms with Crippen LogP contribution in [-0.2, 0) is 24.1 Å². The Balaban J connectivity index is 1.41. The zero-order valence-corrected chi connectivity index (χ0v) is 16.4. The average molecular weight is 436 g/mol. The number of fused-ring (bicyclic) bond motifs is 1. The number of halogens is 4. The highest BCUT2D eigenvalue weighted by Crippen LogP contribution is 2.29. The molecular weight excluding hydrogens is 419 g/mol. The molecule has 9 heteroatoms. The maximum atomic E-state index is 12.7. The molecule has 0 spiro atoms. The number of hydrogen-bond donors (Lipinski definition) is 1. The maximum absolute atomic E-state index is 12.7. The molecule has 1 aliphatic heterocycles. The van der Waals surface area contributed by atoms with Crippen LogP contribution in [0.3, 0.4) is 0 Å². The standard InChI is InChI=1S/C21H17ClF3N3O2/c22-16-3-1-2-14(8-16)18-10-26-19-12-30-17(11-28(18)19)9-27-20(29)13-4-6-15(7-5-13)21(23,24)25/h1-8,10,17H,9,11-12H2,(H,27,29). The highest BCUT2D eigenvalue weighted by atomic mass is 35.5. The summed E-state index contributed by atoms with van der Waals surface area (Å²) in [4.78, 5) is 16.7. The second kappa shape index (κ2) is 8.12. The first-order valence-corrected chi connectivity index (χ1v) is 9.56. The third-order valence-electron chi connectivity index (χ3n) is 4.86. The number of carbonyl (C=O) groups excluding carboxylic acids is 1. The fraction of sp³-hybridized carbons (Fsp3) is 0.238. The Morgan fingerprint density at radius 3 is 2.70 bits per heavy atom. The number of imidazole rings is 1. The second-order valence-corrected chi connectivity index (χ2v) is 7.34. The van der Waals surface area contributed by atoms with E-state index in [1.165, 1.54) is 0 Å². The van der Waals surface area contributed by atoms with E-state index in [4.69, 9.17) is 16.3 Å². The molecule has 5 nitrogen and oxygen atoms in total. The van der Waals surface area contributed by atoms with Gasteiger partial charge < -0.3 is 14.6 Å². The van der Waals surface area contributed by atoms with Crippen LogP contribution in [0, 0.1) is 0 Å². The van der Waals surface area contributed by atoms with Gasteiger partial charge in [0.15, 0.2) is 0 Å². The molecule has 2 heterocycles. The van der Waals surface area contributed by atoms with Crippen LogP contribution < -0.4 is 5.32 Å². The fourth-order valence-corrected chi connectivity index (χ4v) is 3.49. The molecule has 1 aromatic heterocycles. The Morgan fingerprint density at radius 2 is 2.00 bits per heavy atom. The minimum Gasteiger partial charge on any atom is -0.367 e. The van der Waals surface area contributed by atoms with Crippen molar-refractivity contribution in [3.63, 3.8) is 0 Å². The van der Waals surface area contributed by atoms with Crippen LogP contribution in [0.25, 0.3) is 11.3 Å². The van der Waals surface area contributed by atoms with Gasteiger partial charge in [-0.2, -0.15) is 13.2 Å². The molecule has 0 saturated heterocycles. The van der Waals surface area contributed by atoms with Crippen molar-refractivity contribution in [3.8, 4) is 11.3 Å². The van der Waals surface area contributed by atoms with Gasteiger partial charge in [-0.05, 0) is 36.4 Å². The Labute approximate surface area is 175 Å². The smallest absolute Gasteiger partial charge is 0.367 e. The van der Waals surface area contributed by atoms with Gasteiger partial charge in [0.1, 0.15) is 12.4 Å². The predicted molar refractivity (Wildman–Crippen MR) is 105 cm³/mol. The lowest BCUT2D eigenvalue weighted by Gasteiger charge is -2.26. The van der Waals surface area contributed by atoms with Crippen LogP contribution in [0.4, 0.5) is 13.2 Å². The number of alkyl halides is 3. The zero-order valence-electron chi connectivity index (χ0n) is 15.6. The quantitative estimate of drug-likeness (QED) is 0.654. The van der Waals surface area contributed by atoms with Crippen molar-refractivity contribution in [1.29, 1.82) is 0 Å². The van der Waals surface area contributed by atoms with E-state index in [1.807, 2.05) is 22.8 Å². The van der Waals surface area contributed by atoms with Crippen LogP contribution in [-0.4, -0.2) is 28.1 Å². The lowest BCUT2D eigenvalue weighted by molar-refractivity contribution is -0.137. The first-order valence-electron chi connectivity index (χ1n) is 9.18. The third kappa shape index (κ3) is 4.34. The van der Waals surface area contributed by atoms with Gasteiger partial charge in [0.2, 0.25) is 0 Å². The van der Waals surface area contributed by atoms with Crippen molar-refractivity contribution in [2.45, 2.75) is 25.4 Å². The SMILES string of the molecule is O=C(NCC1Cn2c(-c3cccc(Cl)c3)cnc2CO1)c1ccc(C(F)(F)F)cc1. The molecule has 0 saturated carbocycles. The summed E-state index contributed by atoms with van der Waals surface area (Å²) >= 11 is 6.09. The monoisotopic (exact) mass is 435 g/mol. The number of nitrogens with one attached hydrogen (secondary N) is 1. The van der Waals surface area contributed by atoms with Crippen LogP contribution in [0.5, 0.6) is 0 Å². The van der Waals surface area contributed by atoms with E-state index in [0.29, 0.717) is 18.2 Å². The van der Waals surface area contributed by atoms with Gasteiger partial charge in [0, 0.05) is 22.7 Å². The van der Waals surface area contributed by atoms with Crippen LogP contribution in [0.1, 0.15) is 21.7 Å². The molecule has 30 heavy (non-hydrogen) atoms. The van der Waals surface area contributed by atoms with Gasteiger partial charge in [-0.25, -0.2) is 4.98 Å². The van der Waals surface area contributed by atoms with E-state index >= 15 is 0 Å². The summed E-state index contributed by atoms with van der Waals surface area (Å²) in [6.45, 7) is 0.984. The van der Waals surface area contributed by atoms with Crippen molar-refractivity contribution in [1.82, 2.24) is 14.9 Å². The van der Waals surface area contributed by atoms with Gasteiger partial charge in [-0.1, -0.05) is 23.7 Å². The Morgan fingerprint density at radius 1 is 1.23 bits per heavy atom. The Hall–Kier alpha value is -2.84. The molecule has 4 rings (SSSR count). The molecule has 156 valence electrons. The summed E-state index contributed by atoms with van der Waals surface area (Å²) in [7, 11) is 0. The Kier molecular flexibility index (Phi) is 5.53. The highest BCUT2D eigenvalue weighted by Gasteiger charge is 2.30. The van der Waals surface area contributed by atoms with Crippen molar-refractivity contribution in [2.24, 2.45) is 0 Å². The molecule has 1 aliphatic rings. The number of aromatic nitrogens is 2. The zero-order chi connectivity index (χ0) is 21.3. The number of benzene rings is 2. The van der Waals surface area contributed by atoms with E-state index in [-0.39, 0.29) is 18.2 Å². The minimum atomic E-state index is -4.44. The number of amides is 1. The Bertz CT molecular complexity index is 1060. The predicted octanol–water partition coefficient (Wildman–Crippen LogP) is 4.55. The highest BCUT2D eigenvalue weighted by molar-refractivity contribution is 6.30. The lowest BCUT2D eigenvalue weighted by Crippen LogP contribution is -2.39. The molecule has 0 fully saturated rings. The van der Waals surface area contributed by atoms with E-state index in [0.717, 1.165) is 41.3 Å². The summed E-state index contributed by atoms with van der Waals surface area (Å²) < 4.78 is 45.7. The largest absolute Gasteiger partial charge is 0.416 e. The summed E-state index contributed by atoms with van der Waals surface area (Å²) in [5.41, 5.74) is 1.18. The second-order valence-electron chi connectivity index (χ2n) is 6.90. The first kappa shape index (κ1) is 20.4. The maximum Gasteiger partial charge on any atom is 0.416 e. The van der Waals surface area contributed by atoms with E-state index < -0.39 is 17.6 Å². The summed E-state index contributed by atoms with van der Waals surface area (Å²) in [6.07, 6.45) is -2.98. The van der Waals surface area contributed by atoms with Gasteiger partial charge in [0.05, 0.1) is 30.1 Å². The molecular formula is C21H17ClF3N3O2. The van der Waals surface area contributed by atoms with Gasteiger partial charge in [0.25, 0.3) is 5.91 Å². The fourth-order valence-electron chi connectivity index (χ4n) is 3.30. The molecule has 2 aromatic carbocycles.